The van der Waals surface area contributed by atoms with Gasteiger partial charge in [0, 0.05) is 5.75 Å². The number of thiol groups is 1. The number of methoxy groups -OCH3 is 1. The Hall–Kier alpha value is -1.04. The quantitative estimate of drug-likeness (QED) is 0.373. The van der Waals surface area contributed by atoms with Gasteiger partial charge in [0.15, 0.2) is 0 Å². The zero-order valence-electron chi connectivity index (χ0n) is 8.07. The predicted molar refractivity (Wildman–Crippen MR) is 53.1 cm³/mol. The molecular weight excluding hydrogens is 206 g/mol. The van der Waals surface area contributed by atoms with Crippen molar-refractivity contribution in [2.24, 2.45) is 0 Å². The van der Waals surface area contributed by atoms with Crippen LogP contribution in [0.3, 0.4) is 0 Å². The molecule has 5 nitrogen and oxygen atoms in total. The van der Waals surface area contributed by atoms with Crippen molar-refractivity contribution in [2.75, 3.05) is 12.9 Å². The van der Waals surface area contributed by atoms with Gasteiger partial charge in [-0.05, 0) is 6.92 Å². The van der Waals surface area contributed by atoms with E-state index in [1.54, 1.807) is 0 Å². The van der Waals surface area contributed by atoms with Crippen molar-refractivity contribution in [3.63, 3.8) is 0 Å². The number of esters is 1. The van der Waals surface area contributed by atoms with Gasteiger partial charge < -0.3 is 10.1 Å². The molecule has 0 spiro atoms. The summed E-state index contributed by atoms with van der Waals surface area (Å²) in [6.07, 6.45) is -0.235. The first-order valence-corrected chi connectivity index (χ1v) is 4.62. The van der Waals surface area contributed by atoms with Crippen molar-refractivity contribution < 1.29 is 19.1 Å². The fourth-order valence-corrected chi connectivity index (χ4v) is 1.03. The molecule has 0 saturated heterocycles. The molecule has 1 N–H and O–H groups in total. The molecule has 0 saturated carbocycles. The highest BCUT2D eigenvalue weighted by Gasteiger charge is 2.19. The van der Waals surface area contributed by atoms with Crippen LogP contribution in [0.1, 0.15) is 13.3 Å². The lowest BCUT2D eigenvalue weighted by molar-refractivity contribution is -0.144. The first kappa shape index (κ1) is 13.0. The number of carbonyl (C=O) groups is 3. The van der Waals surface area contributed by atoms with Gasteiger partial charge in [-0.3, -0.25) is 9.59 Å². The van der Waals surface area contributed by atoms with Crippen LogP contribution < -0.4 is 5.32 Å². The number of rotatable bonds is 5. The fourth-order valence-electron chi connectivity index (χ4n) is 0.793. The SMILES string of the molecule is COC(=O)[C@H](CS)NC(=O)CC(C)=O. The molecule has 1 amide bonds. The van der Waals surface area contributed by atoms with Crippen molar-refractivity contribution >= 4 is 30.3 Å². The van der Waals surface area contributed by atoms with E-state index in [0.717, 1.165) is 0 Å². The Morgan fingerprint density at radius 2 is 2.00 bits per heavy atom. The minimum atomic E-state index is -0.796. The van der Waals surface area contributed by atoms with Crippen molar-refractivity contribution in [2.45, 2.75) is 19.4 Å². The maximum Gasteiger partial charge on any atom is 0.329 e. The number of nitrogens with one attached hydrogen (secondary N) is 1. The molecule has 0 aliphatic rings. The van der Waals surface area contributed by atoms with Gasteiger partial charge in [0.1, 0.15) is 11.8 Å². The molecule has 6 heteroatoms. The minimum absolute atomic E-state index is 0.135. The summed E-state index contributed by atoms with van der Waals surface area (Å²) in [4.78, 5) is 32.6. The molecule has 0 aliphatic heterocycles. The van der Waals surface area contributed by atoms with Crippen LogP contribution in [0.5, 0.6) is 0 Å². The molecule has 0 fully saturated rings. The topological polar surface area (TPSA) is 72.5 Å². The molecule has 0 heterocycles. The molecule has 0 aliphatic carbocycles. The molecule has 80 valence electrons. The molecule has 0 aromatic carbocycles. The van der Waals surface area contributed by atoms with Crippen molar-refractivity contribution in [1.29, 1.82) is 0 Å². The lowest BCUT2D eigenvalue weighted by Crippen LogP contribution is -2.43. The lowest BCUT2D eigenvalue weighted by Gasteiger charge is -2.13. The Morgan fingerprint density at radius 1 is 1.43 bits per heavy atom. The van der Waals surface area contributed by atoms with Crippen LogP contribution in [0.25, 0.3) is 0 Å². The first-order chi connectivity index (χ1) is 6.51. The third-order valence-electron chi connectivity index (χ3n) is 1.41. The van der Waals surface area contributed by atoms with Crippen LogP contribution in [0.15, 0.2) is 0 Å². The van der Waals surface area contributed by atoms with Crippen molar-refractivity contribution in [3.8, 4) is 0 Å². The van der Waals surface area contributed by atoms with E-state index in [-0.39, 0.29) is 18.0 Å². The van der Waals surface area contributed by atoms with Gasteiger partial charge in [-0.1, -0.05) is 0 Å². The molecule has 0 rings (SSSR count). The molecule has 0 radical (unpaired) electrons. The molecular formula is C8H13NO4S. The Bertz CT molecular complexity index is 241. The normalized spacial score (nSPS) is 11.6. The Kier molecular flexibility index (Phi) is 5.94. The molecule has 0 bridgehead atoms. The maximum absolute atomic E-state index is 11.1. The number of hydrogen-bond acceptors (Lipinski definition) is 5. The van der Waals surface area contributed by atoms with E-state index in [1.165, 1.54) is 14.0 Å². The summed E-state index contributed by atoms with van der Waals surface area (Å²) in [6.45, 7) is 1.30. The smallest absolute Gasteiger partial charge is 0.329 e. The van der Waals surface area contributed by atoms with Crippen LogP contribution >= 0.6 is 12.6 Å². The molecule has 0 unspecified atom stereocenters. The second-order valence-electron chi connectivity index (χ2n) is 2.70. The number of carbonyl (C=O) groups excluding carboxylic acids is 3. The highest BCUT2D eigenvalue weighted by Crippen LogP contribution is 1.93. The second-order valence-corrected chi connectivity index (χ2v) is 3.07. The Morgan fingerprint density at radius 3 is 2.36 bits per heavy atom. The maximum atomic E-state index is 11.1. The van der Waals surface area contributed by atoms with Crippen LogP contribution in [0.2, 0.25) is 0 Å². The third kappa shape index (κ3) is 4.86. The van der Waals surface area contributed by atoms with Gasteiger partial charge in [0.25, 0.3) is 0 Å². The standard InChI is InChI=1S/C8H13NO4S/c1-5(10)3-7(11)9-6(4-14)8(12)13-2/h6,14H,3-4H2,1-2H3,(H,9,11)/t6-/m0/s1. The van der Waals surface area contributed by atoms with Gasteiger partial charge in [0.05, 0.1) is 13.5 Å². The summed E-state index contributed by atoms with van der Waals surface area (Å²) >= 11 is 3.87. The summed E-state index contributed by atoms with van der Waals surface area (Å²) in [7, 11) is 1.22. The number of ether oxygens (including phenoxy) is 1. The van der Waals surface area contributed by atoms with Gasteiger partial charge in [-0.15, -0.1) is 0 Å². The average Bonchev–Trinajstić information content (AvgIpc) is 2.11. The average molecular weight is 219 g/mol. The zero-order chi connectivity index (χ0) is 11.1. The van der Waals surface area contributed by atoms with Crippen LogP contribution in [0.4, 0.5) is 0 Å². The number of Topliss-reactive ketones (excluding diaryl/α,β-unsaturated/α-hetero) is 1. The van der Waals surface area contributed by atoms with Crippen LogP contribution in [0, 0.1) is 0 Å². The van der Waals surface area contributed by atoms with E-state index in [0.29, 0.717) is 0 Å². The van der Waals surface area contributed by atoms with E-state index < -0.39 is 17.9 Å². The van der Waals surface area contributed by atoms with Crippen LogP contribution in [-0.2, 0) is 19.1 Å². The largest absolute Gasteiger partial charge is 0.467 e. The van der Waals surface area contributed by atoms with Gasteiger partial charge >= 0.3 is 5.97 Å². The van der Waals surface area contributed by atoms with Crippen molar-refractivity contribution in [1.82, 2.24) is 5.32 Å². The summed E-state index contributed by atoms with van der Waals surface area (Å²) in [6, 6.07) is -0.796. The van der Waals surface area contributed by atoms with Gasteiger partial charge in [0.2, 0.25) is 5.91 Å². The second kappa shape index (κ2) is 6.42. The first-order valence-electron chi connectivity index (χ1n) is 3.98. The fraction of sp³-hybridized carbons (Fsp3) is 0.625. The zero-order valence-corrected chi connectivity index (χ0v) is 8.97. The van der Waals surface area contributed by atoms with Gasteiger partial charge in [-0.25, -0.2) is 4.79 Å². The van der Waals surface area contributed by atoms with E-state index in [1.807, 2.05) is 0 Å². The van der Waals surface area contributed by atoms with E-state index >= 15 is 0 Å². The van der Waals surface area contributed by atoms with E-state index in [4.69, 9.17) is 0 Å². The summed E-state index contributed by atoms with van der Waals surface area (Å²) < 4.78 is 4.42. The van der Waals surface area contributed by atoms with Crippen molar-refractivity contribution in [3.05, 3.63) is 0 Å². The van der Waals surface area contributed by atoms with Gasteiger partial charge in [-0.2, -0.15) is 12.6 Å². The number of ketones is 1. The van der Waals surface area contributed by atoms with E-state index in [2.05, 4.69) is 22.7 Å². The predicted octanol–water partition coefficient (Wildman–Crippen LogP) is -0.447. The number of amides is 1. The monoisotopic (exact) mass is 219 g/mol. The third-order valence-corrected chi connectivity index (χ3v) is 1.78. The highest BCUT2D eigenvalue weighted by molar-refractivity contribution is 7.80. The summed E-state index contributed by atoms with van der Waals surface area (Å²) in [5, 5.41) is 2.34. The molecule has 0 aromatic heterocycles. The molecule has 14 heavy (non-hydrogen) atoms. The van der Waals surface area contributed by atoms with E-state index in [9.17, 15) is 14.4 Å². The Balaban J connectivity index is 4.11. The molecule has 1 atom stereocenters. The Labute approximate surface area is 87.6 Å². The minimum Gasteiger partial charge on any atom is -0.467 e. The highest BCUT2D eigenvalue weighted by atomic mass is 32.1. The summed E-state index contributed by atoms with van der Waals surface area (Å²) in [5.74, 6) is -1.19. The lowest BCUT2D eigenvalue weighted by atomic mass is 10.2. The summed E-state index contributed by atoms with van der Waals surface area (Å²) in [5.41, 5.74) is 0. The number of hydrogen-bond donors (Lipinski definition) is 2. The molecule has 0 aromatic rings. The van der Waals surface area contributed by atoms with Crippen LogP contribution in [-0.4, -0.2) is 36.6 Å².